The Morgan fingerprint density at radius 3 is 2.14 bits per heavy atom. The average Bonchev–Trinajstić information content (AvgIpc) is 2.68. The highest BCUT2D eigenvalue weighted by Crippen LogP contribution is 2.18. The molecule has 0 atom stereocenters. The molecule has 5 heteroatoms. The summed E-state index contributed by atoms with van der Waals surface area (Å²) < 4.78 is 5.81. The van der Waals surface area contributed by atoms with Crippen molar-refractivity contribution in [3.63, 3.8) is 0 Å². The van der Waals surface area contributed by atoms with Gasteiger partial charge < -0.3 is 10.1 Å². The number of anilines is 1. The Labute approximate surface area is 164 Å². The van der Waals surface area contributed by atoms with Gasteiger partial charge in [-0.1, -0.05) is 48.5 Å². The minimum Gasteiger partial charge on any atom is -0.489 e. The summed E-state index contributed by atoms with van der Waals surface area (Å²) in [5, 5.41) is 5.00. The zero-order chi connectivity index (χ0) is 19.9. The van der Waals surface area contributed by atoms with Gasteiger partial charge in [-0.05, 0) is 54.8 Å². The highest BCUT2D eigenvalue weighted by Gasteiger charge is 2.12. The molecular weight excluding hydrogens is 352 g/mol. The molecule has 0 aromatic heterocycles. The van der Waals surface area contributed by atoms with Gasteiger partial charge in [-0.25, -0.2) is 4.79 Å². The first kappa shape index (κ1) is 19.2. The molecule has 3 amide bonds. The van der Waals surface area contributed by atoms with E-state index in [2.05, 4.69) is 10.6 Å². The average molecular weight is 374 g/mol. The van der Waals surface area contributed by atoms with Gasteiger partial charge in [-0.15, -0.1) is 0 Å². The molecule has 0 aliphatic carbocycles. The monoisotopic (exact) mass is 374 g/mol. The van der Waals surface area contributed by atoms with Crippen LogP contribution in [-0.2, 0) is 6.61 Å². The summed E-state index contributed by atoms with van der Waals surface area (Å²) in [6.45, 7) is 4.26. The van der Waals surface area contributed by atoms with Gasteiger partial charge in [0.15, 0.2) is 0 Å². The molecule has 28 heavy (non-hydrogen) atoms. The van der Waals surface area contributed by atoms with E-state index in [4.69, 9.17) is 4.74 Å². The Morgan fingerprint density at radius 1 is 0.821 bits per heavy atom. The minimum absolute atomic E-state index is 0.432. The summed E-state index contributed by atoms with van der Waals surface area (Å²) in [6, 6.07) is 21.7. The molecule has 0 unspecified atom stereocenters. The van der Waals surface area contributed by atoms with Gasteiger partial charge in [0, 0.05) is 11.3 Å². The van der Waals surface area contributed by atoms with Crippen LogP contribution in [0.25, 0.3) is 0 Å². The van der Waals surface area contributed by atoms with E-state index in [1.807, 2.05) is 62.4 Å². The smallest absolute Gasteiger partial charge is 0.326 e. The lowest BCUT2D eigenvalue weighted by Crippen LogP contribution is -2.34. The summed E-state index contributed by atoms with van der Waals surface area (Å²) in [5.74, 6) is 0.414. The molecule has 0 fully saturated rings. The Hall–Kier alpha value is -3.60. The second-order valence-electron chi connectivity index (χ2n) is 6.47. The largest absolute Gasteiger partial charge is 0.489 e. The fraction of sp³-hybridized carbons (Fsp3) is 0.130. The zero-order valence-corrected chi connectivity index (χ0v) is 15.9. The first-order chi connectivity index (χ1) is 13.5. The van der Waals surface area contributed by atoms with Crippen molar-refractivity contribution in [1.29, 1.82) is 0 Å². The highest BCUT2D eigenvalue weighted by atomic mass is 16.5. The topological polar surface area (TPSA) is 67.4 Å². The number of urea groups is 1. The molecular formula is C23H22N2O3. The lowest BCUT2D eigenvalue weighted by atomic mass is 10.1. The second kappa shape index (κ2) is 8.86. The van der Waals surface area contributed by atoms with Gasteiger partial charge in [0.1, 0.15) is 12.4 Å². The van der Waals surface area contributed by atoms with Crippen molar-refractivity contribution in [1.82, 2.24) is 5.32 Å². The molecule has 0 saturated carbocycles. The number of nitrogens with one attached hydrogen (secondary N) is 2. The van der Waals surface area contributed by atoms with E-state index in [-0.39, 0.29) is 0 Å². The number of ether oxygens (including phenoxy) is 1. The predicted octanol–water partition coefficient (Wildman–Crippen LogP) is 4.84. The van der Waals surface area contributed by atoms with Crippen LogP contribution in [0.2, 0.25) is 0 Å². The number of benzene rings is 3. The number of imide groups is 1. The van der Waals surface area contributed by atoms with E-state index in [9.17, 15) is 9.59 Å². The van der Waals surface area contributed by atoms with Gasteiger partial charge in [0.05, 0.1) is 0 Å². The Bertz CT molecular complexity index is 981. The molecule has 3 aromatic rings. The Kier molecular flexibility index (Phi) is 6.07. The van der Waals surface area contributed by atoms with Gasteiger partial charge in [0.25, 0.3) is 5.91 Å². The third kappa shape index (κ3) is 4.98. The standard InChI is InChI=1S/C23H22N2O3/c1-16-7-3-5-9-20(16)22(26)25-23(27)24-19-13-11-18(12-14-19)15-28-21-10-6-4-8-17(21)2/h3-14H,15H2,1-2H3,(H2,24,25,26,27). The molecule has 0 radical (unpaired) electrons. The fourth-order valence-corrected chi connectivity index (χ4v) is 2.72. The van der Waals surface area contributed by atoms with E-state index in [1.54, 1.807) is 24.3 Å². The molecule has 142 valence electrons. The first-order valence-electron chi connectivity index (χ1n) is 8.98. The quantitative estimate of drug-likeness (QED) is 0.671. The van der Waals surface area contributed by atoms with Crippen LogP contribution in [0.4, 0.5) is 10.5 Å². The van der Waals surface area contributed by atoms with E-state index in [0.717, 1.165) is 22.4 Å². The van der Waals surface area contributed by atoms with Crippen molar-refractivity contribution in [2.75, 3.05) is 5.32 Å². The van der Waals surface area contributed by atoms with Crippen LogP contribution >= 0.6 is 0 Å². The molecule has 0 saturated heterocycles. The Morgan fingerprint density at radius 2 is 1.46 bits per heavy atom. The third-order valence-electron chi connectivity index (χ3n) is 4.32. The number of carbonyl (C=O) groups excluding carboxylic acids is 2. The van der Waals surface area contributed by atoms with Crippen molar-refractivity contribution in [3.8, 4) is 5.75 Å². The molecule has 0 aliphatic rings. The number of para-hydroxylation sites is 1. The number of hydrogen-bond donors (Lipinski definition) is 2. The second-order valence-corrected chi connectivity index (χ2v) is 6.47. The van der Waals surface area contributed by atoms with Crippen molar-refractivity contribution in [2.45, 2.75) is 20.5 Å². The zero-order valence-electron chi connectivity index (χ0n) is 15.9. The van der Waals surface area contributed by atoms with Crippen molar-refractivity contribution < 1.29 is 14.3 Å². The van der Waals surface area contributed by atoms with Crippen molar-refractivity contribution in [3.05, 3.63) is 95.1 Å². The summed E-state index contributed by atoms with van der Waals surface area (Å²) in [7, 11) is 0. The SMILES string of the molecule is Cc1ccccc1OCc1ccc(NC(=O)NC(=O)c2ccccc2C)cc1. The van der Waals surface area contributed by atoms with Crippen LogP contribution in [0.3, 0.4) is 0 Å². The molecule has 2 N–H and O–H groups in total. The normalized spacial score (nSPS) is 10.2. The maximum atomic E-state index is 12.2. The number of rotatable bonds is 5. The number of carbonyl (C=O) groups is 2. The molecule has 0 bridgehead atoms. The number of aryl methyl sites for hydroxylation is 2. The molecule has 5 nitrogen and oxygen atoms in total. The summed E-state index contributed by atoms with van der Waals surface area (Å²) in [4.78, 5) is 24.3. The van der Waals surface area contributed by atoms with E-state index >= 15 is 0 Å². The van der Waals surface area contributed by atoms with E-state index in [0.29, 0.717) is 17.9 Å². The first-order valence-corrected chi connectivity index (χ1v) is 8.98. The van der Waals surface area contributed by atoms with Gasteiger partial charge >= 0.3 is 6.03 Å². The van der Waals surface area contributed by atoms with E-state index in [1.165, 1.54) is 0 Å². The molecule has 0 heterocycles. The third-order valence-corrected chi connectivity index (χ3v) is 4.32. The molecule has 3 aromatic carbocycles. The maximum Gasteiger partial charge on any atom is 0.326 e. The van der Waals surface area contributed by atoms with Gasteiger partial charge in [-0.3, -0.25) is 10.1 Å². The Balaban J connectivity index is 1.54. The van der Waals surface area contributed by atoms with E-state index < -0.39 is 11.9 Å². The number of hydrogen-bond acceptors (Lipinski definition) is 3. The van der Waals surface area contributed by atoms with Gasteiger partial charge in [-0.2, -0.15) is 0 Å². The van der Waals surface area contributed by atoms with Crippen LogP contribution in [0, 0.1) is 13.8 Å². The van der Waals surface area contributed by atoms with Crippen LogP contribution in [-0.4, -0.2) is 11.9 Å². The summed E-state index contributed by atoms with van der Waals surface area (Å²) in [5.41, 5.74) is 3.93. The van der Waals surface area contributed by atoms with Gasteiger partial charge in [0.2, 0.25) is 0 Å². The predicted molar refractivity (Wildman–Crippen MR) is 110 cm³/mol. The summed E-state index contributed by atoms with van der Waals surface area (Å²) >= 11 is 0. The van der Waals surface area contributed by atoms with Crippen LogP contribution in [0.15, 0.2) is 72.8 Å². The lowest BCUT2D eigenvalue weighted by molar-refractivity contribution is 0.0966. The minimum atomic E-state index is -0.572. The van der Waals surface area contributed by atoms with Crippen molar-refractivity contribution >= 4 is 17.6 Å². The fourth-order valence-electron chi connectivity index (χ4n) is 2.72. The van der Waals surface area contributed by atoms with Crippen LogP contribution in [0.1, 0.15) is 27.0 Å². The molecule has 0 aliphatic heterocycles. The van der Waals surface area contributed by atoms with Crippen LogP contribution < -0.4 is 15.4 Å². The molecule has 0 spiro atoms. The highest BCUT2D eigenvalue weighted by molar-refractivity contribution is 6.08. The number of amides is 3. The lowest BCUT2D eigenvalue weighted by Gasteiger charge is -2.10. The molecule has 3 rings (SSSR count). The van der Waals surface area contributed by atoms with Crippen molar-refractivity contribution in [2.24, 2.45) is 0 Å². The maximum absolute atomic E-state index is 12.2. The summed E-state index contributed by atoms with van der Waals surface area (Å²) in [6.07, 6.45) is 0. The van der Waals surface area contributed by atoms with Crippen LogP contribution in [0.5, 0.6) is 5.75 Å².